The van der Waals surface area contributed by atoms with E-state index in [-0.39, 0.29) is 5.91 Å². The lowest BCUT2D eigenvalue weighted by molar-refractivity contribution is -0.117. The van der Waals surface area contributed by atoms with Crippen molar-refractivity contribution in [2.75, 3.05) is 11.1 Å². The standard InChI is InChI=1S/C13H17ClN2O/c14-10-6-3-7-11(15)13(10)16-12(17)8-9-4-1-2-5-9/h3,6-7,9H,1-2,4-5,8,15H2,(H,16,17). The molecule has 0 spiro atoms. The maximum atomic E-state index is 11.8. The van der Waals surface area contributed by atoms with Crippen molar-refractivity contribution in [3.8, 4) is 0 Å². The predicted octanol–water partition coefficient (Wildman–Crippen LogP) is 3.44. The first-order valence-electron chi connectivity index (χ1n) is 6.00. The molecule has 3 N–H and O–H groups in total. The highest BCUT2D eigenvalue weighted by molar-refractivity contribution is 6.34. The Kier molecular flexibility index (Phi) is 3.89. The fraction of sp³-hybridized carbons (Fsp3) is 0.462. The van der Waals surface area contributed by atoms with Crippen molar-refractivity contribution >= 4 is 28.9 Å². The fourth-order valence-corrected chi connectivity index (χ4v) is 2.57. The van der Waals surface area contributed by atoms with E-state index in [0.717, 1.165) is 12.8 Å². The molecule has 0 radical (unpaired) electrons. The van der Waals surface area contributed by atoms with Gasteiger partial charge in [0, 0.05) is 6.42 Å². The van der Waals surface area contributed by atoms with Crippen molar-refractivity contribution in [2.45, 2.75) is 32.1 Å². The average Bonchev–Trinajstić information content (AvgIpc) is 2.76. The van der Waals surface area contributed by atoms with E-state index in [1.165, 1.54) is 12.8 Å². The highest BCUT2D eigenvalue weighted by Crippen LogP contribution is 2.30. The molecule has 1 amide bonds. The summed E-state index contributed by atoms with van der Waals surface area (Å²) in [5.41, 5.74) is 6.83. The summed E-state index contributed by atoms with van der Waals surface area (Å²) in [6.45, 7) is 0. The number of carbonyl (C=O) groups is 1. The zero-order chi connectivity index (χ0) is 12.3. The zero-order valence-corrected chi connectivity index (χ0v) is 10.5. The Morgan fingerprint density at radius 3 is 2.76 bits per heavy atom. The summed E-state index contributed by atoms with van der Waals surface area (Å²) in [6.07, 6.45) is 5.37. The molecule has 1 aromatic carbocycles. The van der Waals surface area contributed by atoms with Crippen LogP contribution in [0.2, 0.25) is 5.02 Å². The highest BCUT2D eigenvalue weighted by atomic mass is 35.5. The van der Waals surface area contributed by atoms with E-state index in [1.807, 2.05) is 0 Å². The molecule has 0 heterocycles. The molecule has 1 aliphatic carbocycles. The number of carbonyl (C=O) groups excluding carboxylic acids is 1. The Labute approximate surface area is 106 Å². The number of hydrogen-bond acceptors (Lipinski definition) is 2. The van der Waals surface area contributed by atoms with Gasteiger partial charge in [-0.25, -0.2) is 0 Å². The van der Waals surface area contributed by atoms with Gasteiger partial charge in [-0.1, -0.05) is 30.5 Å². The van der Waals surface area contributed by atoms with Crippen molar-refractivity contribution in [1.29, 1.82) is 0 Å². The van der Waals surface area contributed by atoms with E-state index < -0.39 is 0 Å². The minimum atomic E-state index is 0.0108. The summed E-state index contributed by atoms with van der Waals surface area (Å²) < 4.78 is 0. The number of nitrogens with two attached hydrogens (primary N) is 1. The van der Waals surface area contributed by atoms with Crippen LogP contribution in [0.5, 0.6) is 0 Å². The number of para-hydroxylation sites is 1. The van der Waals surface area contributed by atoms with Crippen molar-refractivity contribution < 1.29 is 4.79 Å². The highest BCUT2D eigenvalue weighted by Gasteiger charge is 2.19. The maximum absolute atomic E-state index is 11.8. The SMILES string of the molecule is Nc1cccc(Cl)c1NC(=O)CC1CCCC1. The van der Waals surface area contributed by atoms with Gasteiger partial charge in [0.05, 0.1) is 16.4 Å². The van der Waals surface area contributed by atoms with Gasteiger partial charge < -0.3 is 11.1 Å². The van der Waals surface area contributed by atoms with Crippen LogP contribution < -0.4 is 11.1 Å². The molecule has 3 nitrogen and oxygen atoms in total. The second kappa shape index (κ2) is 5.41. The molecule has 0 atom stereocenters. The topological polar surface area (TPSA) is 55.1 Å². The predicted molar refractivity (Wildman–Crippen MR) is 71.1 cm³/mol. The summed E-state index contributed by atoms with van der Waals surface area (Å²) in [6, 6.07) is 5.23. The van der Waals surface area contributed by atoms with Crippen LogP contribution in [0.15, 0.2) is 18.2 Å². The fourth-order valence-electron chi connectivity index (χ4n) is 2.34. The third kappa shape index (κ3) is 3.13. The van der Waals surface area contributed by atoms with Crippen LogP contribution in [0.3, 0.4) is 0 Å². The molecule has 0 bridgehead atoms. The second-order valence-electron chi connectivity index (χ2n) is 4.61. The number of nitrogen functional groups attached to an aromatic ring is 1. The summed E-state index contributed by atoms with van der Waals surface area (Å²) >= 11 is 6.00. The molecule has 92 valence electrons. The Bertz CT molecular complexity index is 394. The quantitative estimate of drug-likeness (QED) is 0.810. The van der Waals surface area contributed by atoms with Crippen molar-refractivity contribution in [3.63, 3.8) is 0 Å². The van der Waals surface area contributed by atoms with Crippen LogP contribution in [-0.4, -0.2) is 5.91 Å². The molecule has 1 aliphatic rings. The first-order chi connectivity index (χ1) is 8.16. The lowest BCUT2D eigenvalue weighted by Crippen LogP contribution is -2.16. The number of amides is 1. The largest absolute Gasteiger partial charge is 0.397 e. The third-order valence-electron chi connectivity index (χ3n) is 3.26. The van der Waals surface area contributed by atoms with Gasteiger partial charge in [0.15, 0.2) is 0 Å². The average molecular weight is 253 g/mol. The minimum Gasteiger partial charge on any atom is -0.397 e. The van der Waals surface area contributed by atoms with Gasteiger partial charge in [-0.3, -0.25) is 4.79 Å². The molecule has 0 saturated heterocycles. The first-order valence-corrected chi connectivity index (χ1v) is 6.38. The summed E-state index contributed by atoms with van der Waals surface area (Å²) in [7, 11) is 0. The van der Waals surface area contributed by atoms with Gasteiger partial charge in [0.1, 0.15) is 0 Å². The second-order valence-corrected chi connectivity index (χ2v) is 5.01. The van der Waals surface area contributed by atoms with Crippen LogP contribution in [0.1, 0.15) is 32.1 Å². The molecule has 1 saturated carbocycles. The van der Waals surface area contributed by atoms with E-state index in [1.54, 1.807) is 18.2 Å². The summed E-state index contributed by atoms with van der Waals surface area (Å²) in [5, 5.41) is 3.30. The van der Waals surface area contributed by atoms with Crippen molar-refractivity contribution in [3.05, 3.63) is 23.2 Å². The van der Waals surface area contributed by atoms with Crippen LogP contribution in [0, 0.1) is 5.92 Å². The van der Waals surface area contributed by atoms with Gasteiger partial charge in [0.25, 0.3) is 0 Å². The lowest BCUT2D eigenvalue weighted by atomic mass is 10.0. The summed E-state index contributed by atoms with van der Waals surface area (Å²) in [5.74, 6) is 0.537. The van der Waals surface area contributed by atoms with Crippen molar-refractivity contribution in [1.82, 2.24) is 0 Å². The zero-order valence-electron chi connectivity index (χ0n) is 9.71. The summed E-state index contributed by atoms with van der Waals surface area (Å²) in [4.78, 5) is 11.8. The molecule has 2 rings (SSSR count). The molecular weight excluding hydrogens is 236 g/mol. The van der Waals surface area contributed by atoms with Gasteiger partial charge in [-0.2, -0.15) is 0 Å². The van der Waals surface area contributed by atoms with E-state index in [0.29, 0.717) is 28.7 Å². The molecule has 0 aromatic heterocycles. The molecule has 1 fully saturated rings. The molecule has 17 heavy (non-hydrogen) atoms. The maximum Gasteiger partial charge on any atom is 0.224 e. The third-order valence-corrected chi connectivity index (χ3v) is 3.57. The number of hydrogen-bond donors (Lipinski definition) is 2. The van der Waals surface area contributed by atoms with Crippen molar-refractivity contribution in [2.24, 2.45) is 5.92 Å². The molecule has 1 aromatic rings. The Morgan fingerprint density at radius 2 is 2.12 bits per heavy atom. The van der Waals surface area contributed by atoms with Gasteiger partial charge in [-0.05, 0) is 30.9 Å². The van der Waals surface area contributed by atoms with E-state index in [2.05, 4.69) is 5.32 Å². The Balaban J connectivity index is 1.97. The van der Waals surface area contributed by atoms with E-state index in [4.69, 9.17) is 17.3 Å². The smallest absolute Gasteiger partial charge is 0.224 e. The Hall–Kier alpha value is -1.22. The number of nitrogens with one attached hydrogen (secondary N) is 1. The number of anilines is 2. The van der Waals surface area contributed by atoms with Gasteiger partial charge >= 0.3 is 0 Å². The molecule has 0 aliphatic heterocycles. The van der Waals surface area contributed by atoms with Crippen LogP contribution in [-0.2, 0) is 4.79 Å². The van der Waals surface area contributed by atoms with E-state index >= 15 is 0 Å². The lowest BCUT2D eigenvalue weighted by Gasteiger charge is -2.12. The normalized spacial score (nSPS) is 16.1. The monoisotopic (exact) mass is 252 g/mol. The molecular formula is C13H17ClN2O. The van der Waals surface area contributed by atoms with Crippen LogP contribution >= 0.6 is 11.6 Å². The van der Waals surface area contributed by atoms with Crippen LogP contribution in [0.4, 0.5) is 11.4 Å². The minimum absolute atomic E-state index is 0.0108. The number of benzene rings is 1. The molecule has 4 heteroatoms. The number of halogens is 1. The molecule has 0 unspecified atom stereocenters. The Morgan fingerprint density at radius 1 is 1.41 bits per heavy atom. The number of rotatable bonds is 3. The van der Waals surface area contributed by atoms with Gasteiger partial charge in [-0.15, -0.1) is 0 Å². The van der Waals surface area contributed by atoms with Crippen LogP contribution in [0.25, 0.3) is 0 Å². The van der Waals surface area contributed by atoms with E-state index in [9.17, 15) is 4.79 Å². The first kappa shape index (κ1) is 12.2. The van der Waals surface area contributed by atoms with Gasteiger partial charge in [0.2, 0.25) is 5.91 Å².